The Morgan fingerprint density at radius 1 is 1.15 bits per heavy atom. The van der Waals surface area contributed by atoms with Crippen molar-refractivity contribution in [3.05, 3.63) is 78.1 Å². The Bertz CT molecular complexity index is 1950. The summed E-state index contributed by atoms with van der Waals surface area (Å²) in [6.45, 7) is 5.96. The highest BCUT2D eigenvalue weighted by Crippen LogP contribution is 2.38. The molecule has 3 N–H and O–H groups in total. The van der Waals surface area contributed by atoms with Crippen LogP contribution in [0.4, 0.5) is 10.2 Å². The van der Waals surface area contributed by atoms with Gasteiger partial charge in [-0.25, -0.2) is 14.4 Å². The van der Waals surface area contributed by atoms with Crippen LogP contribution in [0.5, 0.6) is 5.75 Å². The van der Waals surface area contributed by atoms with Crippen LogP contribution in [-0.2, 0) is 11.3 Å². The van der Waals surface area contributed by atoms with E-state index in [1.807, 2.05) is 42.2 Å². The minimum atomic E-state index is -0.345. The predicted molar refractivity (Wildman–Crippen MR) is 171 cm³/mol. The second-order valence-corrected chi connectivity index (χ2v) is 12.1. The van der Waals surface area contributed by atoms with Crippen molar-refractivity contribution in [2.75, 3.05) is 24.5 Å². The molecule has 2 bridgehead atoms. The van der Waals surface area contributed by atoms with Gasteiger partial charge in [-0.05, 0) is 56.2 Å². The number of anilines is 1. The third kappa shape index (κ3) is 5.48. The number of benzene rings is 1. The molecule has 4 aromatic heterocycles. The van der Waals surface area contributed by atoms with Crippen LogP contribution in [-0.4, -0.2) is 72.2 Å². The number of hydrogen-bond donors (Lipinski definition) is 3. The number of piperazine rings is 1. The highest BCUT2D eigenvalue weighted by atomic mass is 19.1. The first-order valence-electron chi connectivity index (χ1n) is 15.4. The van der Waals surface area contributed by atoms with Crippen molar-refractivity contribution in [2.24, 2.45) is 0 Å². The highest BCUT2D eigenvalue weighted by molar-refractivity contribution is 5.98. The summed E-state index contributed by atoms with van der Waals surface area (Å²) in [5, 5.41) is 28.7. The van der Waals surface area contributed by atoms with E-state index >= 15 is 0 Å². The summed E-state index contributed by atoms with van der Waals surface area (Å²) in [6.07, 6.45) is 8.81. The largest absolute Gasteiger partial charge is 0.508 e. The molecule has 234 valence electrons. The summed E-state index contributed by atoms with van der Waals surface area (Å²) < 4.78 is 15.6. The lowest BCUT2D eigenvalue weighted by Crippen LogP contribution is -2.68. The minimum absolute atomic E-state index is 0.0644. The number of nitrogens with one attached hydrogen (secondary N) is 2. The van der Waals surface area contributed by atoms with E-state index in [1.165, 1.54) is 18.2 Å². The van der Waals surface area contributed by atoms with Gasteiger partial charge in [0.1, 0.15) is 41.1 Å². The second kappa shape index (κ2) is 12.0. The number of aromatic nitrogens is 5. The zero-order chi connectivity index (χ0) is 31.9. The van der Waals surface area contributed by atoms with Gasteiger partial charge in [-0.2, -0.15) is 10.4 Å². The van der Waals surface area contributed by atoms with Crippen LogP contribution in [0.15, 0.2) is 61.2 Å². The van der Waals surface area contributed by atoms with E-state index in [1.54, 1.807) is 19.3 Å². The van der Waals surface area contributed by atoms with E-state index < -0.39 is 0 Å². The van der Waals surface area contributed by atoms with Gasteiger partial charge in [0.2, 0.25) is 0 Å². The number of nitrogens with zero attached hydrogens (tertiary/aromatic N) is 7. The van der Waals surface area contributed by atoms with E-state index in [2.05, 4.69) is 36.3 Å². The Morgan fingerprint density at radius 3 is 2.70 bits per heavy atom. The number of carbonyl (C=O) groups excluding carboxylic acids is 1. The summed E-state index contributed by atoms with van der Waals surface area (Å²) in [7, 11) is 0. The van der Waals surface area contributed by atoms with Crippen molar-refractivity contribution in [3.63, 3.8) is 0 Å². The molecule has 3 unspecified atom stereocenters. The molecule has 5 aromatic rings. The molecular weight excluding hydrogens is 585 g/mol. The number of ketones is 1. The van der Waals surface area contributed by atoms with Crippen LogP contribution in [0.25, 0.3) is 33.4 Å². The van der Waals surface area contributed by atoms with Crippen molar-refractivity contribution in [1.82, 2.24) is 34.9 Å². The zero-order valence-corrected chi connectivity index (χ0v) is 25.6. The van der Waals surface area contributed by atoms with Crippen LogP contribution < -0.4 is 10.2 Å². The number of phenols is 1. The number of H-pyrrole nitrogens is 1. The maximum Gasteiger partial charge on any atom is 0.143 e. The van der Waals surface area contributed by atoms with Gasteiger partial charge in [0, 0.05) is 77.9 Å². The summed E-state index contributed by atoms with van der Waals surface area (Å²) >= 11 is 0. The lowest BCUT2D eigenvalue weighted by atomic mass is 9.86. The Labute approximate surface area is 265 Å². The molecule has 11 nitrogen and oxygen atoms in total. The van der Waals surface area contributed by atoms with Gasteiger partial charge in [0.15, 0.2) is 0 Å². The number of hydrogen-bond acceptors (Lipinski definition) is 9. The van der Waals surface area contributed by atoms with E-state index in [0.29, 0.717) is 35.4 Å². The lowest BCUT2D eigenvalue weighted by molar-refractivity contribution is -0.116. The van der Waals surface area contributed by atoms with Crippen molar-refractivity contribution in [2.45, 2.75) is 51.5 Å². The van der Waals surface area contributed by atoms with Gasteiger partial charge >= 0.3 is 0 Å². The van der Waals surface area contributed by atoms with E-state index in [9.17, 15) is 19.6 Å². The van der Waals surface area contributed by atoms with Crippen LogP contribution in [0, 0.1) is 17.1 Å². The number of carbonyl (C=O) groups is 1. The maximum atomic E-state index is 13.8. The molecule has 7 heterocycles. The standard InChI is InChI=1S/C34H34FN9O2/c1-3-31(37-12-20(2)45)44-17-24(15-40-44)29-10-28-33(23(11-36)14-39-34(28)41-29)21-4-7-32(38-13-21)42-18-26-9-27(19-42)43(26)16-22-8-25(35)5-6-30(22)46/h4-8,10,13-15,17,26-27,31,37,46H,3,9,12,16,18-19H2,1-2H3,(H,39,41). The Kier molecular flexibility index (Phi) is 7.72. The third-order valence-electron chi connectivity index (χ3n) is 9.08. The number of aromatic hydroxyl groups is 1. The quantitative estimate of drug-likeness (QED) is 0.202. The summed E-state index contributed by atoms with van der Waals surface area (Å²) in [5.74, 6) is 0.703. The van der Waals surface area contributed by atoms with E-state index in [-0.39, 0.29) is 30.1 Å². The third-order valence-corrected chi connectivity index (χ3v) is 9.08. The first-order valence-corrected chi connectivity index (χ1v) is 15.4. The molecule has 3 fully saturated rings. The fourth-order valence-corrected chi connectivity index (χ4v) is 6.69. The van der Waals surface area contributed by atoms with Crippen molar-refractivity contribution >= 4 is 22.6 Å². The second-order valence-electron chi connectivity index (χ2n) is 12.1. The number of halogens is 1. The zero-order valence-electron chi connectivity index (χ0n) is 25.6. The molecule has 46 heavy (non-hydrogen) atoms. The fourth-order valence-electron chi connectivity index (χ4n) is 6.69. The molecular formula is C34H34FN9O2. The number of phenolic OH excluding ortho intramolecular Hbond substituents is 1. The fraction of sp³-hybridized carbons (Fsp3) is 0.324. The predicted octanol–water partition coefficient (Wildman–Crippen LogP) is 4.76. The molecule has 0 saturated carbocycles. The van der Waals surface area contributed by atoms with Crippen molar-refractivity contribution in [1.29, 1.82) is 5.26 Å². The topological polar surface area (TPSA) is 139 Å². The van der Waals surface area contributed by atoms with Crippen LogP contribution in [0.2, 0.25) is 0 Å². The molecule has 3 atom stereocenters. The smallest absolute Gasteiger partial charge is 0.143 e. The van der Waals surface area contributed by atoms with Crippen molar-refractivity contribution in [3.8, 4) is 34.2 Å². The van der Waals surface area contributed by atoms with Gasteiger partial charge in [0.25, 0.3) is 0 Å². The molecule has 3 aliphatic heterocycles. The number of pyridine rings is 2. The minimum Gasteiger partial charge on any atom is -0.508 e. The molecule has 0 radical (unpaired) electrons. The average Bonchev–Trinajstić information content (AvgIpc) is 3.73. The number of aromatic amines is 1. The van der Waals surface area contributed by atoms with E-state index in [0.717, 1.165) is 59.5 Å². The number of nitriles is 1. The molecule has 8 rings (SSSR count). The number of fused-ring (bicyclic) bond motifs is 3. The van der Waals surface area contributed by atoms with E-state index in [4.69, 9.17) is 4.98 Å². The average molecular weight is 620 g/mol. The monoisotopic (exact) mass is 619 g/mol. The number of rotatable bonds is 10. The first kappa shape index (κ1) is 29.6. The summed E-state index contributed by atoms with van der Waals surface area (Å²) in [4.78, 5) is 28.8. The summed E-state index contributed by atoms with van der Waals surface area (Å²) in [6, 6.07) is 13.0. The van der Waals surface area contributed by atoms with Gasteiger partial charge in [0.05, 0.1) is 24.0 Å². The highest BCUT2D eigenvalue weighted by Gasteiger charge is 2.45. The molecule has 0 aliphatic carbocycles. The molecule has 0 amide bonds. The van der Waals surface area contributed by atoms with Gasteiger partial charge in [-0.15, -0.1) is 0 Å². The van der Waals surface area contributed by atoms with Crippen molar-refractivity contribution < 1.29 is 14.3 Å². The van der Waals surface area contributed by atoms with Crippen LogP contribution >= 0.6 is 0 Å². The van der Waals surface area contributed by atoms with Crippen LogP contribution in [0.3, 0.4) is 0 Å². The molecule has 0 spiro atoms. The number of Topliss-reactive ketones (excluding diaryl/α,β-unsaturated/α-hetero) is 1. The first-order chi connectivity index (χ1) is 22.3. The molecule has 3 aliphatic rings. The SMILES string of the molecule is CCC(NCC(C)=O)n1cc(-c2cc3c(-c4ccc(N5CC6CC(C5)N6Cc5cc(F)ccc5O)nc4)c(C#N)cnc3[nH]2)cn1. The lowest BCUT2D eigenvalue weighted by Gasteiger charge is -2.56. The molecule has 3 saturated heterocycles. The number of piperidine rings is 1. The Hall–Kier alpha value is -5.12. The van der Waals surface area contributed by atoms with Gasteiger partial charge < -0.3 is 15.0 Å². The molecule has 1 aromatic carbocycles. The van der Waals surface area contributed by atoms with Gasteiger partial charge in [-0.1, -0.05) is 6.92 Å². The van der Waals surface area contributed by atoms with Gasteiger partial charge in [-0.3, -0.25) is 19.7 Å². The maximum absolute atomic E-state index is 13.8. The summed E-state index contributed by atoms with van der Waals surface area (Å²) in [5.41, 5.74) is 4.99. The Balaban J connectivity index is 1.10. The Morgan fingerprint density at radius 2 is 1.98 bits per heavy atom. The van der Waals surface area contributed by atoms with Crippen LogP contribution in [0.1, 0.15) is 44.0 Å². The molecule has 12 heteroatoms. The normalized spacial score (nSPS) is 18.3.